The first kappa shape index (κ1) is 15.0. The van der Waals surface area contributed by atoms with Crippen molar-refractivity contribution in [2.24, 2.45) is 10.1 Å². The molecule has 0 amide bonds. The monoisotopic (exact) mass is 292 g/mol. The second-order valence-electron chi connectivity index (χ2n) is 4.34. The molecule has 1 aromatic rings. The summed E-state index contributed by atoms with van der Waals surface area (Å²) in [6.45, 7) is 1.72. The molecule has 0 aliphatic carbocycles. The van der Waals surface area contributed by atoms with Crippen LogP contribution < -0.4 is 25.0 Å². The van der Waals surface area contributed by atoms with Crippen molar-refractivity contribution in [3.63, 3.8) is 0 Å². The fourth-order valence-electron chi connectivity index (χ4n) is 1.95. The molecule has 0 spiro atoms. The molecule has 1 heterocycles. The number of aliphatic imine (C=N–C) groups is 1. The highest BCUT2D eigenvalue weighted by Gasteiger charge is 2.12. The van der Waals surface area contributed by atoms with E-state index in [9.17, 15) is 0 Å². The number of nitrogens with one attached hydrogen (secondary N) is 2. The molecule has 2 N–H and O–H groups in total. The maximum absolute atomic E-state index is 5.29. The molecule has 114 valence electrons. The zero-order chi connectivity index (χ0) is 15.1. The van der Waals surface area contributed by atoms with E-state index in [0.29, 0.717) is 23.2 Å². The van der Waals surface area contributed by atoms with Crippen LogP contribution in [-0.4, -0.2) is 46.6 Å². The molecular weight excluding hydrogens is 272 g/mol. The highest BCUT2D eigenvalue weighted by molar-refractivity contribution is 5.85. The predicted octanol–water partition coefficient (Wildman–Crippen LogP) is 0.985. The molecule has 0 aromatic heterocycles. The fourth-order valence-corrected chi connectivity index (χ4v) is 1.95. The lowest BCUT2D eigenvalue weighted by Crippen LogP contribution is -2.38. The molecule has 0 bridgehead atoms. The second-order valence-corrected chi connectivity index (χ2v) is 4.34. The van der Waals surface area contributed by atoms with Crippen LogP contribution in [0.4, 0.5) is 0 Å². The Balaban J connectivity index is 2.13. The zero-order valence-corrected chi connectivity index (χ0v) is 12.5. The van der Waals surface area contributed by atoms with E-state index in [-0.39, 0.29) is 0 Å². The van der Waals surface area contributed by atoms with Gasteiger partial charge in [-0.3, -0.25) is 4.99 Å². The Hall–Kier alpha value is -2.44. The number of rotatable bonds is 5. The minimum Gasteiger partial charge on any atom is -0.493 e. The van der Waals surface area contributed by atoms with Gasteiger partial charge < -0.3 is 19.5 Å². The first-order valence-corrected chi connectivity index (χ1v) is 6.66. The summed E-state index contributed by atoms with van der Waals surface area (Å²) >= 11 is 0. The van der Waals surface area contributed by atoms with E-state index in [0.717, 1.165) is 25.1 Å². The Morgan fingerprint density at radius 3 is 2.43 bits per heavy atom. The SMILES string of the molecule is COc1cc(/C=N/NC2=NCCCN2)cc(OC)c1OC. The van der Waals surface area contributed by atoms with Gasteiger partial charge in [0.15, 0.2) is 11.5 Å². The number of guanidine groups is 1. The topological polar surface area (TPSA) is 76.5 Å². The number of methoxy groups -OCH3 is 3. The molecule has 1 aromatic carbocycles. The van der Waals surface area contributed by atoms with E-state index in [2.05, 4.69) is 20.8 Å². The van der Waals surface area contributed by atoms with Gasteiger partial charge in [-0.2, -0.15) is 5.10 Å². The molecule has 7 nitrogen and oxygen atoms in total. The number of ether oxygens (including phenoxy) is 3. The number of hydrogen-bond acceptors (Lipinski definition) is 7. The van der Waals surface area contributed by atoms with Crippen molar-refractivity contribution >= 4 is 12.2 Å². The van der Waals surface area contributed by atoms with E-state index in [1.54, 1.807) is 27.5 Å². The molecule has 0 atom stereocenters. The molecule has 0 saturated heterocycles. The Labute approximate surface area is 124 Å². The quantitative estimate of drug-likeness (QED) is 0.625. The van der Waals surface area contributed by atoms with Gasteiger partial charge in [0.2, 0.25) is 11.7 Å². The Morgan fingerprint density at radius 1 is 1.19 bits per heavy atom. The van der Waals surface area contributed by atoms with Crippen LogP contribution in [-0.2, 0) is 0 Å². The van der Waals surface area contributed by atoms with Crippen LogP contribution >= 0.6 is 0 Å². The molecular formula is C14H20N4O3. The summed E-state index contributed by atoms with van der Waals surface area (Å²) in [5, 5.41) is 7.28. The second kappa shape index (κ2) is 7.37. The summed E-state index contributed by atoms with van der Waals surface area (Å²) in [5.41, 5.74) is 3.70. The van der Waals surface area contributed by atoms with Crippen LogP contribution in [0.5, 0.6) is 17.2 Å². The number of benzene rings is 1. The molecule has 21 heavy (non-hydrogen) atoms. The predicted molar refractivity (Wildman–Crippen MR) is 81.7 cm³/mol. The molecule has 1 aliphatic heterocycles. The smallest absolute Gasteiger partial charge is 0.212 e. The van der Waals surface area contributed by atoms with Crippen molar-refractivity contribution in [3.05, 3.63) is 17.7 Å². The largest absolute Gasteiger partial charge is 0.493 e. The summed E-state index contributed by atoms with van der Waals surface area (Å²) in [4.78, 5) is 4.27. The minimum atomic E-state index is 0.559. The van der Waals surface area contributed by atoms with Gasteiger partial charge in [0.05, 0.1) is 27.5 Å². The first-order valence-electron chi connectivity index (χ1n) is 6.66. The number of nitrogens with zero attached hydrogens (tertiary/aromatic N) is 2. The standard InChI is InChI=1S/C14H20N4O3/c1-19-11-7-10(8-12(20-2)13(11)21-3)9-17-18-14-15-5-4-6-16-14/h7-9H,4-6H2,1-3H3,(H2,15,16,18)/b17-9+. The average molecular weight is 292 g/mol. The van der Waals surface area contributed by atoms with Gasteiger partial charge in [0.1, 0.15) is 0 Å². The van der Waals surface area contributed by atoms with Crippen LogP contribution in [0.1, 0.15) is 12.0 Å². The van der Waals surface area contributed by atoms with Gasteiger partial charge in [0, 0.05) is 18.7 Å². The minimum absolute atomic E-state index is 0.559. The van der Waals surface area contributed by atoms with Crippen molar-refractivity contribution in [3.8, 4) is 17.2 Å². The molecule has 0 saturated carbocycles. The normalized spacial score (nSPS) is 14.3. The zero-order valence-electron chi connectivity index (χ0n) is 12.5. The van der Waals surface area contributed by atoms with Crippen molar-refractivity contribution in [1.82, 2.24) is 10.7 Å². The van der Waals surface area contributed by atoms with E-state index in [1.807, 2.05) is 12.1 Å². The fraction of sp³-hybridized carbons (Fsp3) is 0.429. The summed E-state index contributed by atoms with van der Waals surface area (Å²) < 4.78 is 15.9. The lowest BCUT2D eigenvalue weighted by molar-refractivity contribution is 0.324. The Kier molecular flexibility index (Phi) is 5.25. The van der Waals surface area contributed by atoms with Gasteiger partial charge in [-0.05, 0) is 18.6 Å². The molecule has 0 unspecified atom stereocenters. The van der Waals surface area contributed by atoms with Crippen molar-refractivity contribution < 1.29 is 14.2 Å². The summed E-state index contributed by atoms with van der Waals surface area (Å²) in [7, 11) is 4.73. The third-order valence-electron chi connectivity index (χ3n) is 2.97. The summed E-state index contributed by atoms with van der Waals surface area (Å²) in [5.74, 6) is 2.42. The van der Waals surface area contributed by atoms with Crippen LogP contribution in [0.15, 0.2) is 22.2 Å². The first-order chi connectivity index (χ1) is 10.3. The van der Waals surface area contributed by atoms with Crippen molar-refractivity contribution in [2.75, 3.05) is 34.4 Å². The Bertz CT molecular complexity index is 518. The summed E-state index contributed by atoms with van der Waals surface area (Å²) in [6.07, 6.45) is 2.71. The van der Waals surface area contributed by atoms with Crippen LogP contribution in [0.3, 0.4) is 0 Å². The van der Waals surface area contributed by atoms with Gasteiger partial charge in [-0.1, -0.05) is 0 Å². The maximum atomic E-state index is 5.29. The number of hydrazone groups is 1. The van der Waals surface area contributed by atoms with Crippen LogP contribution in [0.25, 0.3) is 0 Å². The van der Waals surface area contributed by atoms with Gasteiger partial charge in [-0.25, -0.2) is 5.43 Å². The average Bonchev–Trinajstić information content (AvgIpc) is 2.54. The van der Waals surface area contributed by atoms with E-state index < -0.39 is 0 Å². The van der Waals surface area contributed by atoms with E-state index in [4.69, 9.17) is 14.2 Å². The maximum Gasteiger partial charge on any atom is 0.212 e. The van der Waals surface area contributed by atoms with Gasteiger partial charge >= 0.3 is 0 Å². The van der Waals surface area contributed by atoms with Gasteiger partial charge in [-0.15, -0.1) is 0 Å². The van der Waals surface area contributed by atoms with Crippen molar-refractivity contribution in [1.29, 1.82) is 0 Å². The third kappa shape index (κ3) is 3.77. The highest BCUT2D eigenvalue weighted by atomic mass is 16.5. The Morgan fingerprint density at radius 2 is 1.90 bits per heavy atom. The van der Waals surface area contributed by atoms with Crippen LogP contribution in [0.2, 0.25) is 0 Å². The number of hydrogen-bond donors (Lipinski definition) is 2. The lowest BCUT2D eigenvalue weighted by atomic mass is 10.2. The van der Waals surface area contributed by atoms with E-state index >= 15 is 0 Å². The summed E-state index contributed by atoms with van der Waals surface area (Å²) in [6, 6.07) is 3.64. The van der Waals surface area contributed by atoms with Crippen LogP contribution in [0, 0.1) is 0 Å². The third-order valence-corrected chi connectivity index (χ3v) is 2.97. The molecule has 0 radical (unpaired) electrons. The molecule has 7 heteroatoms. The molecule has 1 aliphatic rings. The highest BCUT2D eigenvalue weighted by Crippen LogP contribution is 2.37. The molecule has 0 fully saturated rings. The lowest BCUT2D eigenvalue weighted by Gasteiger charge is -2.13. The van der Waals surface area contributed by atoms with E-state index in [1.165, 1.54) is 0 Å². The molecule has 2 rings (SSSR count). The van der Waals surface area contributed by atoms with Gasteiger partial charge in [0.25, 0.3) is 0 Å². The van der Waals surface area contributed by atoms with Crippen molar-refractivity contribution in [2.45, 2.75) is 6.42 Å².